The summed E-state index contributed by atoms with van der Waals surface area (Å²) in [5.74, 6) is 0. The summed E-state index contributed by atoms with van der Waals surface area (Å²) in [6.07, 6.45) is 0. The van der Waals surface area contributed by atoms with Crippen LogP contribution in [0.15, 0.2) is 64.3 Å². The van der Waals surface area contributed by atoms with E-state index in [1.807, 2.05) is 30.3 Å². The van der Waals surface area contributed by atoms with Crippen molar-refractivity contribution in [1.82, 2.24) is 8.87 Å². The quantitative estimate of drug-likeness (QED) is 0.735. The number of fused-ring (bicyclic) bond motifs is 1. The van der Waals surface area contributed by atoms with Crippen LogP contribution in [0.25, 0.3) is 22.2 Å². The van der Waals surface area contributed by atoms with E-state index < -0.39 is 15.5 Å². The van der Waals surface area contributed by atoms with E-state index in [0.29, 0.717) is 22.2 Å². The normalized spacial score (nSPS) is 12.0. The van der Waals surface area contributed by atoms with Gasteiger partial charge in [0.1, 0.15) is 0 Å². The molecule has 0 aliphatic carbocycles. The molecule has 1 heterocycles. The molecule has 124 valence electrons. The number of nitrogens with zero attached hydrogens (tertiary/aromatic N) is 2. The molecule has 0 bridgehead atoms. The van der Waals surface area contributed by atoms with Crippen molar-refractivity contribution in [1.29, 1.82) is 0 Å². The summed E-state index contributed by atoms with van der Waals surface area (Å²) in [5, 5.41) is 0.389. The van der Waals surface area contributed by atoms with Crippen molar-refractivity contribution in [3.8, 4) is 11.3 Å². The second-order valence-corrected chi connectivity index (χ2v) is 7.83. The molecule has 0 spiro atoms. The zero-order valence-electron chi connectivity index (χ0n) is 13.7. The number of hydrogen-bond acceptors (Lipinski definition) is 3. The van der Waals surface area contributed by atoms with E-state index in [2.05, 4.69) is 0 Å². The van der Waals surface area contributed by atoms with Crippen molar-refractivity contribution in [2.45, 2.75) is 4.90 Å². The van der Waals surface area contributed by atoms with Gasteiger partial charge in [-0.05, 0) is 17.7 Å². The molecule has 1 aromatic heterocycles. The van der Waals surface area contributed by atoms with Gasteiger partial charge in [0.2, 0.25) is 15.5 Å². The Hall–Kier alpha value is -2.44. The first kappa shape index (κ1) is 16.4. The lowest BCUT2D eigenvalue weighted by Gasteiger charge is -2.19. The molecule has 0 radical (unpaired) electrons. The summed E-state index contributed by atoms with van der Waals surface area (Å²) >= 11 is 0. The standard InChI is InChI=1S/C18H18N2O3S/c1-19(2)24(22,23)18-16(13-9-5-4-6-10-13)20(3)15-12-8-7-11-14(15)17(18)21/h4-12H,1-3H3. The number of hydrogen-bond donors (Lipinski definition) is 0. The second-order valence-electron chi connectivity index (χ2n) is 5.74. The molecule has 2 aromatic carbocycles. The van der Waals surface area contributed by atoms with Gasteiger partial charge < -0.3 is 4.57 Å². The minimum atomic E-state index is -3.90. The molecule has 5 nitrogen and oxygen atoms in total. The van der Waals surface area contributed by atoms with E-state index in [1.165, 1.54) is 14.1 Å². The van der Waals surface area contributed by atoms with Gasteiger partial charge in [-0.25, -0.2) is 12.7 Å². The molecule has 0 aliphatic rings. The fourth-order valence-corrected chi connectivity index (χ4v) is 4.01. The number of sulfonamides is 1. The Morgan fingerprint density at radius 3 is 2.12 bits per heavy atom. The van der Waals surface area contributed by atoms with Gasteiger partial charge in [-0.15, -0.1) is 0 Å². The van der Waals surface area contributed by atoms with Gasteiger partial charge in [-0.2, -0.15) is 0 Å². The molecule has 0 atom stereocenters. The minimum Gasteiger partial charge on any atom is -0.342 e. The smallest absolute Gasteiger partial charge is 0.248 e. The topological polar surface area (TPSA) is 59.4 Å². The first-order chi connectivity index (χ1) is 11.4. The van der Waals surface area contributed by atoms with Crippen molar-refractivity contribution in [2.75, 3.05) is 14.1 Å². The predicted octanol–water partition coefficient (Wildman–Crippen LogP) is 2.46. The van der Waals surface area contributed by atoms with Crippen molar-refractivity contribution < 1.29 is 8.42 Å². The average molecular weight is 342 g/mol. The summed E-state index contributed by atoms with van der Waals surface area (Å²) in [7, 11) is 0.735. The maximum absolute atomic E-state index is 13.0. The number of pyridine rings is 1. The third-order valence-corrected chi connectivity index (χ3v) is 5.91. The van der Waals surface area contributed by atoms with Crippen LogP contribution in [-0.2, 0) is 17.1 Å². The summed E-state index contributed by atoms with van der Waals surface area (Å²) in [5.41, 5.74) is 1.30. The van der Waals surface area contributed by atoms with Gasteiger partial charge in [0.25, 0.3) is 0 Å². The first-order valence-corrected chi connectivity index (χ1v) is 8.89. The fraction of sp³-hybridized carbons (Fsp3) is 0.167. The largest absolute Gasteiger partial charge is 0.342 e. The summed E-state index contributed by atoms with van der Waals surface area (Å²) in [6.45, 7) is 0. The zero-order valence-corrected chi connectivity index (χ0v) is 14.5. The molecular formula is C18H18N2O3S. The van der Waals surface area contributed by atoms with Gasteiger partial charge in [0.05, 0.1) is 11.2 Å². The Labute approximate surface area is 140 Å². The minimum absolute atomic E-state index is 0.195. The summed E-state index contributed by atoms with van der Waals surface area (Å²) < 4.78 is 28.6. The van der Waals surface area contributed by atoms with Gasteiger partial charge in [0.15, 0.2) is 4.90 Å². The van der Waals surface area contributed by atoms with Crippen molar-refractivity contribution in [2.24, 2.45) is 7.05 Å². The number of aryl methyl sites for hydroxylation is 1. The molecule has 24 heavy (non-hydrogen) atoms. The van der Waals surface area contributed by atoms with Crippen LogP contribution in [0.3, 0.4) is 0 Å². The summed E-state index contributed by atoms with van der Waals surface area (Å²) in [4.78, 5) is 12.8. The summed E-state index contributed by atoms with van der Waals surface area (Å²) in [6, 6.07) is 16.1. The van der Waals surface area contributed by atoms with Crippen LogP contribution >= 0.6 is 0 Å². The number of benzene rings is 2. The lowest BCUT2D eigenvalue weighted by Crippen LogP contribution is -2.30. The van der Waals surface area contributed by atoms with Gasteiger partial charge in [-0.3, -0.25) is 4.79 Å². The highest BCUT2D eigenvalue weighted by atomic mass is 32.2. The van der Waals surface area contributed by atoms with Gasteiger partial charge in [-0.1, -0.05) is 42.5 Å². The van der Waals surface area contributed by atoms with E-state index >= 15 is 0 Å². The van der Waals surface area contributed by atoms with Crippen molar-refractivity contribution >= 4 is 20.9 Å². The molecule has 0 unspecified atom stereocenters. The highest BCUT2D eigenvalue weighted by Crippen LogP contribution is 2.29. The Morgan fingerprint density at radius 1 is 0.917 bits per heavy atom. The molecular weight excluding hydrogens is 324 g/mol. The van der Waals surface area contributed by atoms with Crippen LogP contribution in [0.2, 0.25) is 0 Å². The molecule has 0 amide bonds. The van der Waals surface area contributed by atoms with E-state index in [1.54, 1.807) is 35.9 Å². The highest BCUT2D eigenvalue weighted by molar-refractivity contribution is 7.89. The van der Waals surface area contributed by atoms with E-state index in [4.69, 9.17) is 0 Å². The Bertz CT molecular complexity index is 1070. The van der Waals surface area contributed by atoms with Gasteiger partial charge >= 0.3 is 0 Å². The molecule has 0 aliphatic heterocycles. The Morgan fingerprint density at radius 2 is 1.50 bits per heavy atom. The molecule has 0 N–H and O–H groups in total. The van der Waals surface area contributed by atoms with Crippen molar-refractivity contribution in [3.63, 3.8) is 0 Å². The Kier molecular flexibility index (Phi) is 4.03. The van der Waals surface area contributed by atoms with Crippen LogP contribution in [-0.4, -0.2) is 31.4 Å². The second kappa shape index (κ2) is 5.89. The molecule has 0 fully saturated rings. The van der Waals surface area contributed by atoms with Crippen LogP contribution in [0.4, 0.5) is 0 Å². The molecule has 0 saturated carbocycles. The van der Waals surface area contributed by atoms with Crippen LogP contribution in [0.1, 0.15) is 0 Å². The molecule has 3 aromatic rings. The third-order valence-electron chi connectivity index (χ3n) is 4.05. The van der Waals surface area contributed by atoms with Crippen LogP contribution < -0.4 is 5.43 Å². The fourth-order valence-electron chi connectivity index (χ4n) is 2.80. The van der Waals surface area contributed by atoms with E-state index in [-0.39, 0.29) is 4.90 Å². The van der Waals surface area contributed by atoms with Crippen molar-refractivity contribution in [3.05, 3.63) is 64.8 Å². The highest BCUT2D eigenvalue weighted by Gasteiger charge is 2.28. The maximum Gasteiger partial charge on any atom is 0.248 e. The lowest BCUT2D eigenvalue weighted by atomic mass is 10.1. The maximum atomic E-state index is 13.0. The number of rotatable bonds is 3. The van der Waals surface area contributed by atoms with E-state index in [0.717, 1.165) is 4.31 Å². The Balaban J connectivity index is 2.59. The SMILES string of the molecule is CN(C)S(=O)(=O)c1c(-c2ccccc2)n(C)c2ccccc2c1=O. The molecule has 6 heteroatoms. The molecule has 3 rings (SSSR count). The van der Waals surface area contributed by atoms with Crippen LogP contribution in [0, 0.1) is 0 Å². The predicted molar refractivity (Wildman–Crippen MR) is 95.5 cm³/mol. The third kappa shape index (κ3) is 2.44. The monoisotopic (exact) mass is 342 g/mol. The molecule has 0 saturated heterocycles. The number of para-hydroxylation sites is 1. The number of aromatic nitrogens is 1. The first-order valence-electron chi connectivity index (χ1n) is 7.45. The zero-order chi connectivity index (χ0) is 17.5. The van der Waals surface area contributed by atoms with Crippen LogP contribution in [0.5, 0.6) is 0 Å². The van der Waals surface area contributed by atoms with Gasteiger partial charge in [0, 0.05) is 26.5 Å². The van der Waals surface area contributed by atoms with E-state index in [9.17, 15) is 13.2 Å². The average Bonchev–Trinajstić information content (AvgIpc) is 2.58. The lowest BCUT2D eigenvalue weighted by molar-refractivity contribution is 0.519.